The van der Waals surface area contributed by atoms with E-state index >= 15 is 0 Å². The SMILES string of the molecule is CCc1cc(C(=O)NC2CC2)nc2cc(-c3ccsc3)nn12. The van der Waals surface area contributed by atoms with Gasteiger partial charge in [-0.2, -0.15) is 16.4 Å². The van der Waals surface area contributed by atoms with Gasteiger partial charge >= 0.3 is 0 Å². The van der Waals surface area contributed by atoms with Crippen LogP contribution in [0.5, 0.6) is 0 Å². The van der Waals surface area contributed by atoms with Gasteiger partial charge in [-0.3, -0.25) is 4.79 Å². The molecule has 0 bridgehead atoms. The molecule has 1 aliphatic carbocycles. The lowest BCUT2D eigenvalue weighted by atomic mass is 10.2. The van der Waals surface area contributed by atoms with Crippen LogP contribution < -0.4 is 5.32 Å². The predicted molar refractivity (Wildman–Crippen MR) is 86.2 cm³/mol. The van der Waals surface area contributed by atoms with Gasteiger partial charge in [0.2, 0.25) is 0 Å². The number of aryl methyl sites for hydroxylation is 1. The van der Waals surface area contributed by atoms with Crippen molar-refractivity contribution in [1.29, 1.82) is 0 Å². The summed E-state index contributed by atoms with van der Waals surface area (Å²) in [5.41, 5.74) is 4.17. The standard InChI is InChI=1S/C16H16N4OS/c1-2-12-7-14(16(21)17-11-3-4-11)18-15-8-13(19-20(12)15)10-5-6-22-9-10/h5-9,11H,2-4H2,1H3,(H,17,21). The summed E-state index contributed by atoms with van der Waals surface area (Å²) < 4.78 is 1.83. The number of carbonyl (C=O) groups is 1. The molecule has 0 aliphatic heterocycles. The van der Waals surface area contributed by atoms with Gasteiger partial charge in [0.25, 0.3) is 5.91 Å². The van der Waals surface area contributed by atoms with Crippen LogP contribution >= 0.6 is 11.3 Å². The van der Waals surface area contributed by atoms with Crippen LogP contribution in [0.15, 0.2) is 29.0 Å². The normalized spacial score (nSPS) is 14.4. The van der Waals surface area contributed by atoms with Gasteiger partial charge in [0.15, 0.2) is 5.65 Å². The second-order valence-corrected chi connectivity index (χ2v) is 6.33. The molecule has 1 aliphatic rings. The molecule has 3 heterocycles. The van der Waals surface area contributed by atoms with E-state index in [0.29, 0.717) is 11.7 Å². The maximum absolute atomic E-state index is 12.2. The molecule has 3 aromatic heterocycles. The van der Waals surface area contributed by atoms with Crippen LogP contribution in [-0.2, 0) is 6.42 Å². The van der Waals surface area contributed by atoms with Crippen molar-refractivity contribution in [3.63, 3.8) is 0 Å². The number of thiophene rings is 1. The fourth-order valence-electron chi connectivity index (χ4n) is 2.44. The van der Waals surface area contributed by atoms with Crippen molar-refractivity contribution in [2.24, 2.45) is 0 Å². The van der Waals surface area contributed by atoms with Gasteiger partial charge in [0.1, 0.15) is 5.69 Å². The van der Waals surface area contributed by atoms with Gasteiger partial charge in [-0.05, 0) is 36.8 Å². The third-order valence-corrected chi connectivity index (χ3v) is 4.51. The lowest BCUT2D eigenvalue weighted by Crippen LogP contribution is -2.26. The Kier molecular flexibility index (Phi) is 3.18. The topological polar surface area (TPSA) is 59.3 Å². The largest absolute Gasteiger partial charge is 0.348 e. The molecule has 0 saturated heterocycles. The fourth-order valence-corrected chi connectivity index (χ4v) is 3.09. The first-order valence-corrected chi connectivity index (χ1v) is 8.42. The van der Waals surface area contributed by atoms with Crippen LogP contribution in [0.3, 0.4) is 0 Å². The number of nitrogens with zero attached hydrogens (tertiary/aromatic N) is 3. The van der Waals surface area contributed by atoms with Crippen LogP contribution in [0, 0.1) is 0 Å². The highest BCUT2D eigenvalue weighted by molar-refractivity contribution is 7.08. The molecule has 112 valence electrons. The fraction of sp³-hybridized carbons (Fsp3) is 0.312. The summed E-state index contributed by atoms with van der Waals surface area (Å²) in [6.07, 6.45) is 2.95. The average Bonchev–Trinajstić information content (AvgIpc) is 3.04. The second-order valence-electron chi connectivity index (χ2n) is 5.55. The molecule has 22 heavy (non-hydrogen) atoms. The molecule has 1 saturated carbocycles. The third kappa shape index (κ3) is 2.39. The van der Waals surface area contributed by atoms with Gasteiger partial charge in [-0.1, -0.05) is 6.92 Å². The summed E-state index contributed by atoms with van der Waals surface area (Å²) in [5, 5.41) is 11.7. The molecular weight excluding hydrogens is 296 g/mol. The Morgan fingerprint density at radius 3 is 3.00 bits per heavy atom. The van der Waals surface area contributed by atoms with Crippen LogP contribution in [0.1, 0.15) is 35.9 Å². The van der Waals surface area contributed by atoms with E-state index in [4.69, 9.17) is 0 Å². The minimum atomic E-state index is -0.0852. The van der Waals surface area contributed by atoms with E-state index in [1.54, 1.807) is 11.3 Å². The van der Waals surface area contributed by atoms with Gasteiger partial charge in [-0.25, -0.2) is 9.50 Å². The van der Waals surface area contributed by atoms with Crippen molar-refractivity contribution >= 4 is 22.9 Å². The van der Waals surface area contributed by atoms with Gasteiger partial charge in [0, 0.05) is 28.7 Å². The Morgan fingerprint density at radius 1 is 1.45 bits per heavy atom. The van der Waals surface area contributed by atoms with Crippen LogP contribution in [0.2, 0.25) is 0 Å². The molecule has 1 N–H and O–H groups in total. The van der Waals surface area contributed by atoms with E-state index in [1.807, 2.05) is 28.1 Å². The van der Waals surface area contributed by atoms with Crippen molar-refractivity contribution in [2.45, 2.75) is 32.2 Å². The van der Waals surface area contributed by atoms with Crippen molar-refractivity contribution in [3.8, 4) is 11.3 Å². The molecule has 4 rings (SSSR count). The lowest BCUT2D eigenvalue weighted by Gasteiger charge is -2.06. The quantitative estimate of drug-likeness (QED) is 0.806. The minimum Gasteiger partial charge on any atom is -0.348 e. The van der Waals surface area contributed by atoms with Crippen LogP contribution in [0.4, 0.5) is 0 Å². The van der Waals surface area contributed by atoms with Crippen LogP contribution in [-0.4, -0.2) is 26.5 Å². The number of rotatable bonds is 4. The lowest BCUT2D eigenvalue weighted by molar-refractivity contribution is 0.0946. The Hall–Kier alpha value is -2.21. The molecule has 0 spiro atoms. The minimum absolute atomic E-state index is 0.0852. The third-order valence-electron chi connectivity index (χ3n) is 3.83. The summed E-state index contributed by atoms with van der Waals surface area (Å²) >= 11 is 1.64. The number of carbonyl (C=O) groups excluding carboxylic acids is 1. The van der Waals surface area contributed by atoms with Gasteiger partial charge < -0.3 is 5.32 Å². The average molecular weight is 312 g/mol. The van der Waals surface area contributed by atoms with Gasteiger partial charge in [-0.15, -0.1) is 0 Å². The molecular formula is C16H16N4OS. The Morgan fingerprint density at radius 2 is 2.32 bits per heavy atom. The van der Waals surface area contributed by atoms with E-state index < -0.39 is 0 Å². The highest BCUT2D eigenvalue weighted by Crippen LogP contribution is 2.23. The predicted octanol–water partition coefficient (Wildman–Crippen LogP) is 2.91. The summed E-state index contributed by atoms with van der Waals surface area (Å²) in [7, 11) is 0. The molecule has 5 nitrogen and oxygen atoms in total. The maximum atomic E-state index is 12.2. The zero-order chi connectivity index (χ0) is 15.1. The van der Waals surface area contributed by atoms with E-state index in [1.165, 1.54) is 0 Å². The Balaban J connectivity index is 1.78. The Labute approximate surface area is 132 Å². The number of fused-ring (bicyclic) bond motifs is 1. The van der Waals surface area contributed by atoms with E-state index in [-0.39, 0.29) is 5.91 Å². The number of nitrogens with one attached hydrogen (secondary N) is 1. The van der Waals surface area contributed by atoms with Crippen molar-refractivity contribution in [1.82, 2.24) is 19.9 Å². The molecule has 1 fully saturated rings. The van der Waals surface area contributed by atoms with Gasteiger partial charge in [0.05, 0.1) is 5.69 Å². The summed E-state index contributed by atoms with van der Waals surface area (Å²) in [4.78, 5) is 16.7. The van der Waals surface area contributed by atoms with Crippen LogP contribution in [0.25, 0.3) is 16.9 Å². The zero-order valence-electron chi connectivity index (χ0n) is 12.2. The summed E-state index contributed by atoms with van der Waals surface area (Å²) in [6, 6.07) is 6.16. The first kappa shape index (κ1) is 13.5. The summed E-state index contributed by atoms with van der Waals surface area (Å²) in [6.45, 7) is 2.06. The first-order chi connectivity index (χ1) is 10.7. The maximum Gasteiger partial charge on any atom is 0.270 e. The zero-order valence-corrected chi connectivity index (χ0v) is 13.1. The van der Waals surface area contributed by atoms with E-state index in [0.717, 1.165) is 41.9 Å². The van der Waals surface area contributed by atoms with E-state index in [2.05, 4.69) is 27.7 Å². The molecule has 3 aromatic rings. The first-order valence-electron chi connectivity index (χ1n) is 7.47. The molecule has 0 radical (unpaired) electrons. The molecule has 6 heteroatoms. The highest BCUT2D eigenvalue weighted by Gasteiger charge is 2.25. The molecule has 0 atom stereocenters. The Bertz CT molecular complexity index is 833. The molecule has 1 amide bonds. The van der Waals surface area contributed by atoms with E-state index in [9.17, 15) is 4.79 Å². The van der Waals surface area contributed by atoms with Crippen molar-refractivity contribution < 1.29 is 4.79 Å². The van der Waals surface area contributed by atoms with Crippen molar-refractivity contribution in [2.75, 3.05) is 0 Å². The number of amides is 1. The molecule has 0 aromatic carbocycles. The smallest absolute Gasteiger partial charge is 0.270 e. The van der Waals surface area contributed by atoms with Crippen molar-refractivity contribution in [3.05, 3.63) is 40.3 Å². The summed E-state index contributed by atoms with van der Waals surface area (Å²) in [5.74, 6) is -0.0852. The number of hydrogen-bond donors (Lipinski definition) is 1. The highest BCUT2D eigenvalue weighted by atomic mass is 32.1. The second kappa shape index (κ2) is 5.21. The number of hydrogen-bond acceptors (Lipinski definition) is 4. The monoisotopic (exact) mass is 312 g/mol. The molecule has 0 unspecified atom stereocenters. The number of aromatic nitrogens is 3.